The van der Waals surface area contributed by atoms with Gasteiger partial charge in [-0.3, -0.25) is 4.79 Å². The Morgan fingerprint density at radius 1 is 1.16 bits per heavy atom. The zero-order valence-corrected chi connectivity index (χ0v) is 15.3. The molecule has 25 heavy (non-hydrogen) atoms. The summed E-state index contributed by atoms with van der Waals surface area (Å²) in [6, 6.07) is 13.9. The summed E-state index contributed by atoms with van der Waals surface area (Å²) in [6.45, 7) is 1.03. The van der Waals surface area contributed by atoms with E-state index >= 15 is 0 Å². The van der Waals surface area contributed by atoms with Gasteiger partial charge in [0.1, 0.15) is 17.4 Å². The number of carbonyl (C=O) groups is 1. The molecule has 0 bridgehead atoms. The van der Waals surface area contributed by atoms with Crippen LogP contribution < -0.4 is 4.74 Å². The van der Waals surface area contributed by atoms with Gasteiger partial charge < -0.3 is 9.64 Å². The van der Waals surface area contributed by atoms with Gasteiger partial charge in [0.15, 0.2) is 0 Å². The summed E-state index contributed by atoms with van der Waals surface area (Å²) < 4.78 is 5.75. The van der Waals surface area contributed by atoms with Gasteiger partial charge in [0.25, 0.3) is 5.91 Å². The molecule has 0 atom stereocenters. The first-order valence-corrected chi connectivity index (χ1v) is 10.0. The second-order valence-electron chi connectivity index (χ2n) is 5.98. The molecule has 0 aliphatic heterocycles. The van der Waals surface area contributed by atoms with E-state index in [-0.39, 0.29) is 5.91 Å². The van der Waals surface area contributed by atoms with Crippen molar-refractivity contribution in [3.05, 3.63) is 68.8 Å². The Labute approximate surface area is 154 Å². The second kappa shape index (κ2) is 7.37. The highest BCUT2D eigenvalue weighted by Gasteiger charge is 2.33. The molecular formula is C19H18N2O2S2. The molecule has 1 saturated carbocycles. The smallest absolute Gasteiger partial charge is 0.264 e. The predicted octanol–water partition coefficient (Wildman–Crippen LogP) is 4.59. The summed E-state index contributed by atoms with van der Waals surface area (Å²) in [6.07, 6.45) is 2.18. The number of thiazole rings is 1. The van der Waals surface area contributed by atoms with Crippen molar-refractivity contribution in [1.29, 1.82) is 0 Å². The first-order chi connectivity index (χ1) is 12.3. The molecule has 3 aromatic rings. The standard InChI is InChI=1S/C19H18N2O2S2/c22-19(17-7-4-10-24-17)21(15-8-9-15)11-14-13-25-18(20-14)12-23-16-5-2-1-3-6-16/h1-7,10,13,15H,8-9,11-12H2. The molecular weight excluding hydrogens is 352 g/mol. The highest BCUT2D eigenvalue weighted by Crippen LogP contribution is 2.31. The molecule has 0 spiro atoms. The van der Waals surface area contributed by atoms with Crippen LogP contribution in [0.25, 0.3) is 0 Å². The minimum atomic E-state index is 0.118. The topological polar surface area (TPSA) is 42.4 Å². The van der Waals surface area contributed by atoms with Gasteiger partial charge in [-0.1, -0.05) is 24.3 Å². The van der Waals surface area contributed by atoms with E-state index in [0.29, 0.717) is 19.2 Å². The molecule has 4 nitrogen and oxygen atoms in total. The summed E-state index contributed by atoms with van der Waals surface area (Å²) in [5, 5.41) is 4.90. The van der Waals surface area contributed by atoms with E-state index in [4.69, 9.17) is 4.74 Å². The van der Waals surface area contributed by atoms with Crippen molar-refractivity contribution in [3.63, 3.8) is 0 Å². The minimum absolute atomic E-state index is 0.118. The lowest BCUT2D eigenvalue weighted by atomic mass is 10.3. The summed E-state index contributed by atoms with van der Waals surface area (Å²) in [5.41, 5.74) is 0.938. The summed E-state index contributed by atoms with van der Waals surface area (Å²) >= 11 is 3.08. The molecule has 4 rings (SSSR count). The van der Waals surface area contributed by atoms with E-state index in [1.807, 2.05) is 58.1 Å². The SMILES string of the molecule is O=C(c1cccs1)N(Cc1csc(COc2ccccc2)n1)C1CC1. The van der Waals surface area contributed by atoms with Gasteiger partial charge in [-0.25, -0.2) is 4.98 Å². The minimum Gasteiger partial charge on any atom is -0.486 e. The maximum atomic E-state index is 12.7. The van der Waals surface area contributed by atoms with Gasteiger partial charge in [-0.05, 0) is 36.4 Å². The summed E-state index contributed by atoms with van der Waals surface area (Å²) in [7, 11) is 0. The number of para-hydroxylation sites is 1. The van der Waals surface area contributed by atoms with Crippen LogP contribution in [-0.2, 0) is 13.2 Å². The third-order valence-electron chi connectivity index (χ3n) is 4.02. The van der Waals surface area contributed by atoms with Crippen molar-refractivity contribution in [3.8, 4) is 5.75 Å². The first-order valence-electron chi connectivity index (χ1n) is 8.25. The molecule has 1 aromatic carbocycles. The fraction of sp³-hybridized carbons (Fsp3) is 0.263. The quantitative estimate of drug-likeness (QED) is 0.611. The van der Waals surface area contributed by atoms with Crippen molar-refractivity contribution in [2.24, 2.45) is 0 Å². The Kier molecular flexibility index (Phi) is 4.81. The van der Waals surface area contributed by atoms with Crippen LogP contribution >= 0.6 is 22.7 Å². The number of ether oxygens (including phenoxy) is 1. The molecule has 0 unspecified atom stereocenters. The number of hydrogen-bond donors (Lipinski definition) is 0. The van der Waals surface area contributed by atoms with Gasteiger partial charge in [0.2, 0.25) is 0 Å². The fourth-order valence-corrected chi connectivity index (χ4v) is 3.99. The van der Waals surface area contributed by atoms with Crippen LogP contribution in [0.15, 0.2) is 53.2 Å². The molecule has 0 radical (unpaired) electrons. The maximum Gasteiger partial charge on any atom is 0.264 e. The van der Waals surface area contributed by atoms with Crippen molar-refractivity contribution in [2.75, 3.05) is 0 Å². The van der Waals surface area contributed by atoms with Crippen LogP contribution in [0.3, 0.4) is 0 Å². The summed E-state index contributed by atoms with van der Waals surface area (Å²) in [4.78, 5) is 20.1. The third kappa shape index (κ3) is 4.08. The Bertz CT molecular complexity index is 826. The number of thiophene rings is 1. The fourth-order valence-electron chi connectivity index (χ4n) is 2.62. The van der Waals surface area contributed by atoms with Gasteiger partial charge >= 0.3 is 0 Å². The highest BCUT2D eigenvalue weighted by atomic mass is 32.1. The lowest BCUT2D eigenvalue weighted by Crippen LogP contribution is -2.32. The number of aromatic nitrogens is 1. The monoisotopic (exact) mass is 370 g/mol. The molecule has 1 amide bonds. The molecule has 1 fully saturated rings. The van der Waals surface area contributed by atoms with Crippen molar-refractivity contribution in [2.45, 2.75) is 32.0 Å². The number of benzene rings is 1. The number of amides is 1. The van der Waals surface area contributed by atoms with Gasteiger partial charge in [0, 0.05) is 11.4 Å². The molecule has 6 heteroatoms. The molecule has 0 saturated heterocycles. The first kappa shape index (κ1) is 16.3. The average molecular weight is 370 g/mol. The largest absolute Gasteiger partial charge is 0.486 e. The molecule has 128 valence electrons. The van der Waals surface area contributed by atoms with E-state index in [9.17, 15) is 4.79 Å². The lowest BCUT2D eigenvalue weighted by molar-refractivity contribution is 0.0733. The van der Waals surface area contributed by atoms with Gasteiger partial charge in [-0.15, -0.1) is 22.7 Å². The van der Waals surface area contributed by atoms with Crippen LogP contribution in [0.2, 0.25) is 0 Å². The number of nitrogens with zero attached hydrogens (tertiary/aromatic N) is 2. The predicted molar refractivity (Wildman–Crippen MR) is 100 cm³/mol. The van der Waals surface area contributed by atoms with E-state index in [0.717, 1.165) is 34.2 Å². The van der Waals surface area contributed by atoms with E-state index in [1.54, 1.807) is 11.3 Å². The van der Waals surface area contributed by atoms with Crippen LogP contribution in [-0.4, -0.2) is 21.8 Å². The molecule has 0 N–H and O–H groups in total. The molecule has 2 aromatic heterocycles. The molecule has 1 aliphatic carbocycles. The van der Waals surface area contributed by atoms with Crippen LogP contribution in [0.4, 0.5) is 0 Å². The van der Waals surface area contributed by atoms with Crippen molar-refractivity contribution in [1.82, 2.24) is 9.88 Å². The average Bonchev–Trinajstić information content (AvgIpc) is 3.15. The van der Waals surface area contributed by atoms with E-state index < -0.39 is 0 Å². The Morgan fingerprint density at radius 3 is 2.72 bits per heavy atom. The van der Waals surface area contributed by atoms with Gasteiger partial charge in [-0.2, -0.15) is 0 Å². The maximum absolute atomic E-state index is 12.7. The molecule has 2 heterocycles. The van der Waals surface area contributed by atoms with Crippen molar-refractivity contribution < 1.29 is 9.53 Å². The number of rotatable bonds is 7. The van der Waals surface area contributed by atoms with Crippen molar-refractivity contribution >= 4 is 28.6 Å². The second-order valence-corrected chi connectivity index (χ2v) is 7.87. The summed E-state index contributed by atoms with van der Waals surface area (Å²) in [5.74, 6) is 0.958. The number of hydrogen-bond acceptors (Lipinski definition) is 5. The van der Waals surface area contributed by atoms with E-state index in [1.165, 1.54) is 11.3 Å². The van der Waals surface area contributed by atoms with Crippen LogP contribution in [0.1, 0.15) is 33.2 Å². The third-order valence-corrected chi connectivity index (χ3v) is 5.75. The number of carbonyl (C=O) groups excluding carboxylic acids is 1. The Morgan fingerprint density at radius 2 is 2.00 bits per heavy atom. The van der Waals surface area contributed by atoms with Crippen LogP contribution in [0, 0.1) is 0 Å². The molecule has 1 aliphatic rings. The van der Waals surface area contributed by atoms with E-state index in [2.05, 4.69) is 4.98 Å². The zero-order valence-electron chi connectivity index (χ0n) is 13.6. The normalized spacial score (nSPS) is 13.6. The zero-order chi connectivity index (χ0) is 17.1. The Hall–Kier alpha value is -2.18. The lowest BCUT2D eigenvalue weighted by Gasteiger charge is -2.20. The Balaban J connectivity index is 1.40. The van der Waals surface area contributed by atoms with Crippen LogP contribution in [0.5, 0.6) is 5.75 Å². The highest BCUT2D eigenvalue weighted by molar-refractivity contribution is 7.12. The van der Waals surface area contributed by atoms with Gasteiger partial charge in [0.05, 0.1) is 17.1 Å².